The van der Waals surface area contributed by atoms with Crippen LogP contribution < -0.4 is 9.46 Å². The predicted octanol–water partition coefficient (Wildman–Crippen LogP) is 8.01. The molecule has 39 heavy (non-hydrogen) atoms. The average molecular weight is 578 g/mol. The van der Waals surface area contributed by atoms with Gasteiger partial charge in [0.2, 0.25) is 0 Å². The third-order valence-electron chi connectivity index (χ3n) is 5.21. The van der Waals surface area contributed by atoms with Crippen LogP contribution in [0.4, 0.5) is 32.2 Å². The van der Waals surface area contributed by atoms with Gasteiger partial charge in [0.25, 0.3) is 0 Å². The number of thiazole rings is 1. The molecule has 0 aliphatic rings. The summed E-state index contributed by atoms with van der Waals surface area (Å²) < 4.78 is 91.2. The topological polar surface area (TPSA) is 72.8 Å². The number of nitrogens with zero attached hydrogens (tertiary/aromatic N) is 4. The molecule has 0 bridgehead atoms. The van der Waals surface area contributed by atoms with E-state index < -0.39 is 34.9 Å². The van der Waals surface area contributed by atoms with Crippen molar-refractivity contribution < 1.29 is 31.1 Å². The van der Waals surface area contributed by atoms with Gasteiger partial charge in [-0.3, -0.25) is 4.98 Å². The summed E-state index contributed by atoms with van der Waals surface area (Å²) in [6.45, 7) is 0. The lowest BCUT2D eigenvalue weighted by molar-refractivity contribution is -0.139. The number of ether oxygens (including phenoxy) is 1. The molecule has 0 aliphatic heterocycles. The zero-order valence-electron chi connectivity index (χ0n) is 19.2. The van der Waals surface area contributed by atoms with E-state index in [4.69, 9.17) is 4.74 Å². The summed E-state index contributed by atoms with van der Waals surface area (Å²) >= 11 is 2.16. The molecule has 14 heteroatoms. The fraction of sp³-hybridized carbons (Fsp3) is 0.0400. The summed E-state index contributed by atoms with van der Waals surface area (Å²) in [5, 5.41) is 1.70. The number of rotatable bonds is 7. The second kappa shape index (κ2) is 10.9. The zero-order chi connectivity index (χ0) is 27.6. The van der Waals surface area contributed by atoms with Crippen LogP contribution in [0, 0.1) is 17.5 Å². The van der Waals surface area contributed by atoms with E-state index in [1.54, 1.807) is 10.9 Å². The van der Waals surface area contributed by atoms with Gasteiger partial charge in [0, 0.05) is 40.5 Å². The van der Waals surface area contributed by atoms with Gasteiger partial charge < -0.3 is 9.46 Å². The van der Waals surface area contributed by atoms with E-state index in [0.717, 1.165) is 36.3 Å². The number of hydrogen-bond donors (Lipinski definition) is 1. The number of halogens is 6. The Morgan fingerprint density at radius 2 is 1.62 bits per heavy atom. The van der Waals surface area contributed by atoms with Gasteiger partial charge in [0.15, 0.2) is 17.3 Å². The highest BCUT2D eigenvalue weighted by molar-refractivity contribution is 8.00. The Morgan fingerprint density at radius 3 is 2.31 bits per heavy atom. The van der Waals surface area contributed by atoms with Crippen LogP contribution >= 0.6 is 23.3 Å². The quantitative estimate of drug-likeness (QED) is 0.155. The van der Waals surface area contributed by atoms with Crippen molar-refractivity contribution in [3.63, 3.8) is 0 Å². The van der Waals surface area contributed by atoms with E-state index in [1.165, 1.54) is 36.1 Å². The molecule has 0 radical (unpaired) electrons. The summed E-state index contributed by atoms with van der Waals surface area (Å²) in [5.41, 5.74) is 0.952. The second-order valence-electron chi connectivity index (χ2n) is 7.78. The first-order valence-electron chi connectivity index (χ1n) is 10.8. The van der Waals surface area contributed by atoms with Gasteiger partial charge in [0.1, 0.15) is 23.8 Å². The Hall–Kier alpha value is -4.17. The van der Waals surface area contributed by atoms with Crippen LogP contribution in [0.25, 0.3) is 22.4 Å². The minimum absolute atomic E-state index is 0.0276. The Labute approximate surface area is 224 Å². The van der Waals surface area contributed by atoms with Crippen LogP contribution in [0.2, 0.25) is 0 Å². The smallest absolute Gasteiger partial charge is 0.419 e. The first kappa shape index (κ1) is 26.4. The largest absolute Gasteiger partial charge is 0.452 e. The number of aromatic nitrogens is 4. The summed E-state index contributed by atoms with van der Waals surface area (Å²) in [4.78, 5) is 16.0. The van der Waals surface area contributed by atoms with Gasteiger partial charge in [0.05, 0.1) is 27.9 Å². The molecule has 0 fully saturated rings. The molecule has 0 amide bonds. The fourth-order valence-corrected chi connectivity index (χ4v) is 4.61. The predicted molar refractivity (Wildman–Crippen MR) is 134 cm³/mol. The second-order valence-corrected chi connectivity index (χ2v) is 9.34. The Kier molecular flexibility index (Phi) is 7.39. The van der Waals surface area contributed by atoms with E-state index in [9.17, 15) is 26.3 Å². The summed E-state index contributed by atoms with van der Waals surface area (Å²) in [6.07, 6.45) is 0.393. The maximum absolute atomic E-state index is 14.9. The monoisotopic (exact) mass is 577 g/mol. The first-order chi connectivity index (χ1) is 18.7. The molecule has 1 N–H and O–H groups in total. The third kappa shape index (κ3) is 5.96. The van der Waals surface area contributed by atoms with Crippen LogP contribution in [0.3, 0.4) is 0 Å². The van der Waals surface area contributed by atoms with Crippen molar-refractivity contribution in [2.75, 3.05) is 4.72 Å². The standard InChI is InChI=1S/C25H13F6N5OS2/c26-17-3-13(1-2-16(17)25(29,30)31)20-4-15(14-7-32-11-33-8-14)22(9-34-20)37-21-5-19(28)23(6-18(21)27)39-36-24-10-38-12-35-24/h1-12,36H. The number of nitrogens with one attached hydrogen (secondary N) is 1. The summed E-state index contributed by atoms with van der Waals surface area (Å²) in [7, 11) is 0. The van der Waals surface area contributed by atoms with Crippen molar-refractivity contribution in [2.45, 2.75) is 11.1 Å². The highest BCUT2D eigenvalue weighted by atomic mass is 32.2. The molecule has 0 saturated heterocycles. The normalized spacial score (nSPS) is 11.4. The van der Waals surface area contributed by atoms with Crippen molar-refractivity contribution in [2.24, 2.45) is 0 Å². The highest BCUT2D eigenvalue weighted by Crippen LogP contribution is 2.39. The first-order valence-corrected chi connectivity index (χ1v) is 12.6. The molecule has 0 saturated carbocycles. The molecule has 3 heterocycles. The lowest BCUT2D eigenvalue weighted by atomic mass is 10.0. The molecule has 0 unspecified atom stereocenters. The number of hydrogen-bond acceptors (Lipinski definition) is 8. The van der Waals surface area contributed by atoms with Crippen molar-refractivity contribution in [3.05, 3.63) is 95.2 Å². The van der Waals surface area contributed by atoms with Gasteiger partial charge in [-0.05, 0) is 36.2 Å². The summed E-state index contributed by atoms with van der Waals surface area (Å²) in [5.74, 6) is -3.10. The van der Waals surface area contributed by atoms with E-state index in [-0.39, 0.29) is 27.5 Å². The maximum atomic E-state index is 14.9. The zero-order valence-corrected chi connectivity index (χ0v) is 20.8. The highest BCUT2D eigenvalue weighted by Gasteiger charge is 2.34. The van der Waals surface area contributed by atoms with Crippen LogP contribution in [-0.2, 0) is 6.18 Å². The van der Waals surface area contributed by atoms with Crippen LogP contribution in [-0.4, -0.2) is 19.9 Å². The molecular weight excluding hydrogens is 564 g/mol. The molecule has 2 aromatic carbocycles. The van der Waals surface area contributed by atoms with E-state index in [1.807, 2.05) is 0 Å². The molecule has 0 aliphatic carbocycles. The SMILES string of the molecule is Fc1cc(SNc2cscn2)c(F)cc1Oc1cnc(-c2ccc(C(F)(F)F)c(F)c2)cc1-c1cncnc1. The molecule has 5 aromatic rings. The minimum atomic E-state index is -4.86. The average Bonchev–Trinajstić information content (AvgIpc) is 3.43. The van der Waals surface area contributed by atoms with Crippen LogP contribution in [0.5, 0.6) is 11.5 Å². The van der Waals surface area contributed by atoms with Crippen molar-refractivity contribution in [1.82, 2.24) is 19.9 Å². The fourth-order valence-electron chi connectivity index (χ4n) is 3.41. The number of benzene rings is 2. The minimum Gasteiger partial charge on any atom is -0.452 e. The van der Waals surface area contributed by atoms with Gasteiger partial charge in [-0.2, -0.15) is 13.2 Å². The lowest BCUT2D eigenvalue weighted by Crippen LogP contribution is -2.08. The van der Waals surface area contributed by atoms with E-state index in [2.05, 4.69) is 24.7 Å². The number of pyridine rings is 1. The van der Waals surface area contributed by atoms with Crippen molar-refractivity contribution >= 4 is 29.1 Å². The van der Waals surface area contributed by atoms with Gasteiger partial charge in [-0.1, -0.05) is 6.07 Å². The van der Waals surface area contributed by atoms with Crippen molar-refractivity contribution in [3.8, 4) is 33.9 Å². The number of anilines is 1. The number of alkyl halides is 3. The maximum Gasteiger partial charge on any atom is 0.419 e. The molecular formula is C25H13F6N5OS2. The molecule has 198 valence electrons. The third-order valence-corrected chi connectivity index (χ3v) is 6.64. The Bertz CT molecular complexity index is 1620. The van der Waals surface area contributed by atoms with Crippen molar-refractivity contribution in [1.29, 1.82) is 0 Å². The van der Waals surface area contributed by atoms with E-state index in [0.29, 0.717) is 23.5 Å². The summed E-state index contributed by atoms with van der Waals surface area (Å²) in [6, 6.07) is 5.61. The van der Waals surface area contributed by atoms with Gasteiger partial charge in [-0.25, -0.2) is 28.1 Å². The van der Waals surface area contributed by atoms with Gasteiger partial charge in [-0.15, -0.1) is 11.3 Å². The Morgan fingerprint density at radius 1 is 0.821 bits per heavy atom. The molecule has 0 atom stereocenters. The lowest BCUT2D eigenvalue weighted by Gasteiger charge is -2.14. The molecule has 3 aromatic heterocycles. The van der Waals surface area contributed by atoms with Crippen LogP contribution in [0.15, 0.2) is 77.1 Å². The Balaban J connectivity index is 1.48. The molecule has 6 nitrogen and oxygen atoms in total. The van der Waals surface area contributed by atoms with Crippen LogP contribution in [0.1, 0.15) is 5.56 Å². The molecule has 5 rings (SSSR count). The van der Waals surface area contributed by atoms with Gasteiger partial charge >= 0.3 is 6.18 Å². The molecule has 0 spiro atoms. The van der Waals surface area contributed by atoms with E-state index >= 15 is 0 Å².